The highest BCUT2D eigenvalue weighted by atomic mass is 32.2. The van der Waals surface area contributed by atoms with Crippen LogP contribution in [0.15, 0.2) is 77.7 Å². The van der Waals surface area contributed by atoms with Gasteiger partial charge in [-0.25, -0.2) is 8.42 Å². The number of rotatable bonds is 9. The summed E-state index contributed by atoms with van der Waals surface area (Å²) in [5.41, 5.74) is 1.23. The number of hydrogen-bond acceptors (Lipinski definition) is 6. The summed E-state index contributed by atoms with van der Waals surface area (Å²) < 4.78 is 33.1. The third-order valence-corrected chi connectivity index (χ3v) is 6.78. The van der Waals surface area contributed by atoms with Gasteiger partial charge in [0.2, 0.25) is 5.91 Å². The van der Waals surface area contributed by atoms with Gasteiger partial charge in [-0.3, -0.25) is 19.2 Å². The van der Waals surface area contributed by atoms with E-state index >= 15 is 0 Å². The standard InChI is InChI=1S/C23H23N3O6S/c1-3-25(18-7-5-4-6-8-18)33(30,31)20-13-14-22(32-2)21(16-20)24-23(27)15-17-9-11-19(12-10-17)26(28)29/h4-14,16H,3,15H2,1-2H3,(H,24,27). The van der Waals surface area contributed by atoms with Crippen LogP contribution in [0.1, 0.15) is 12.5 Å². The molecule has 0 saturated carbocycles. The summed E-state index contributed by atoms with van der Waals surface area (Å²) in [4.78, 5) is 22.8. The molecule has 10 heteroatoms. The SMILES string of the molecule is CCN(c1ccccc1)S(=O)(=O)c1ccc(OC)c(NC(=O)Cc2ccc([N+](=O)[O-])cc2)c1. The molecule has 3 rings (SSSR count). The third-order valence-electron chi connectivity index (χ3n) is 4.88. The molecule has 0 spiro atoms. The molecule has 0 aromatic heterocycles. The second-order valence-corrected chi connectivity index (χ2v) is 8.88. The van der Waals surface area contributed by atoms with Crippen LogP contribution in [-0.2, 0) is 21.2 Å². The minimum absolute atomic E-state index is 0.000334. The van der Waals surface area contributed by atoms with Crippen LogP contribution >= 0.6 is 0 Å². The highest BCUT2D eigenvalue weighted by Crippen LogP contribution is 2.31. The lowest BCUT2D eigenvalue weighted by molar-refractivity contribution is -0.384. The summed E-state index contributed by atoms with van der Waals surface area (Å²) in [6.45, 7) is 1.96. The van der Waals surface area contributed by atoms with E-state index in [4.69, 9.17) is 4.74 Å². The summed E-state index contributed by atoms with van der Waals surface area (Å²) in [7, 11) is -2.48. The van der Waals surface area contributed by atoms with Crippen LogP contribution in [0.4, 0.5) is 17.1 Å². The lowest BCUT2D eigenvalue weighted by Gasteiger charge is -2.23. The molecule has 0 saturated heterocycles. The van der Waals surface area contributed by atoms with Gasteiger partial charge in [0.1, 0.15) is 5.75 Å². The van der Waals surface area contributed by atoms with Gasteiger partial charge in [-0.1, -0.05) is 30.3 Å². The monoisotopic (exact) mass is 469 g/mol. The van der Waals surface area contributed by atoms with Crippen molar-refractivity contribution in [3.05, 3.63) is 88.5 Å². The molecule has 0 radical (unpaired) electrons. The summed E-state index contributed by atoms with van der Waals surface area (Å²) in [6, 6.07) is 18.6. The van der Waals surface area contributed by atoms with E-state index in [0.29, 0.717) is 17.0 Å². The maximum Gasteiger partial charge on any atom is 0.269 e. The van der Waals surface area contributed by atoms with E-state index in [1.54, 1.807) is 37.3 Å². The predicted octanol–water partition coefficient (Wildman–Crippen LogP) is 4.00. The van der Waals surface area contributed by atoms with E-state index in [-0.39, 0.29) is 29.2 Å². The fraction of sp³-hybridized carbons (Fsp3) is 0.174. The van der Waals surface area contributed by atoms with E-state index in [1.165, 1.54) is 53.9 Å². The van der Waals surface area contributed by atoms with Crippen molar-refractivity contribution in [2.75, 3.05) is 23.3 Å². The summed E-state index contributed by atoms with van der Waals surface area (Å²) >= 11 is 0. The number of para-hydroxylation sites is 1. The molecule has 3 aromatic carbocycles. The van der Waals surface area contributed by atoms with Gasteiger partial charge in [0.15, 0.2) is 0 Å². The minimum atomic E-state index is -3.90. The zero-order valence-corrected chi connectivity index (χ0v) is 18.9. The van der Waals surface area contributed by atoms with Crippen LogP contribution in [0.25, 0.3) is 0 Å². The molecule has 3 aromatic rings. The van der Waals surface area contributed by atoms with Gasteiger partial charge in [-0.2, -0.15) is 0 Å². The molecular weight excluding hydrogens is 446 g/mol. The molecule has 0 atom stereocenters. The maximum absolute atomic E-state index is 13.3. The smallest absolute Gasteiger partial charge is 0.269 e. The van der Waals surface area contributed by atoms with Crippen molar-refractivity contribution in [3.8, 4) is 5.75 Å². The van der Waals surface area contributed by atoms with E-state index < -0.39 is 20.9 Å². The first kappa shape index (κ1) is 23.7. The van der Waals surface area contributed by atoms with Crippen molar-refractivity contribution in [3.63, 3.8) is 0 Å². The fourth-order valence-corrected chi connectivity index (χ4v) is 4.77. The molecule has 0 aliphatic heterocycles. The average Bonchev–Trinajstić information content (AvgIpc) is 2.80. The Labute approximate surface area is 191 Å². The number of hydrogen-bond donors (Lipinski definition) is 1. The molecule has 0 unspecified atom stereocenters. The Hall–Kier alpha value is -3.92. The molecule has 1 N–H and O–H groups in total. The summed E-state index contributed by atoms with van der Waals surface area (Å²) in [5.74, 6) is -0.124. The van der Waals surface area contributed by atoms with E-state index in [1.807, 2.05) is 0 Å². The number of nitro benzene ring substituents is 1. The van der Waals surface area contributed by atoms with Gasteiger partial charge in [0.25, 0.3) is 15.7 Å². The second-order valence-electron chi connectivity index (χ2n) is 7.02. The van der Waals surface area contributed by atoms with Gasteiger partial charge in [0.05, 0.1) is 34.7 Å². The Kier molecular flexibility index (Phi) is 7.29. The number of nitrogens with zero attached hydrogens (tertiary/aromatic N) is 2. The van der Waals surface area contributed by atoms with Crippen molar-refractivity contribution in [1.82, 2.24) is 0 Å². The molecule has 172 valence electrons. The van der Waals surface area contributed by atoms with Crippen LogP contribution in [0.2, 0.25) is 0 Å². The Morgan fingerprint density at radius 3 is 2.30 bits per heavy atom. The fourth-order valence-electron chi connectivity index (χ4n) is 3.27. The number of carbonyl (C=O) groups is 1. The highest BCUT2D eigenvalue weighted by molar-refractivity contribution is 7.92. The van der Waals surface area contributed by atoms with Crippen LogP contribution in [0.5, 0.6) is 5.75 Å². The summed E-state index contributed by atoms with van der Waals surface area (Å²) in [6.07, 6.45) is -0.0524. The first-order valence-electron chi connectivity index (χ1n) is 10.0. The summed E-state index contributed by atoms with van der Waals surface area (Å²) in [5, 5.41) is 13.5. The number of nitro groups is 1. The normalized spacial score (nSPS) is 11.0. The second kappa shape index (κ2) is 10.1. The van der Waals surface area contributed by atoms with Crippen molar-refractivity contribution < 1.29 is 22.9 Å². The van der Waals surface area contributed by atoms with Gasteiger partial charge in [0, 0.05) is 18.7 Å². The van der Waals surface area contributed by atoms with Crippen molar-refractivity contribution >= 4 is 33.0 Å². The zero-order chi connectivity index (χ0) is 24.0. The number of sulfonamides is 1. The Morgan fingerprint density at radius 2 is 1.73 bits per heavy atom. The van der Waals surface area contributed by atoms with E-state index in [0.717, 1.165) is 0 Å². The van der Waals surface area contributed by atoms with Crippen LogP contribution in [0, 0.1) is 10.1 Å². The van der Waals surface area contributed by atoms with Crippen LogP contribution < -0.4 is 14.4 Å². The van der Waals surface area contributed by atoms with Crippen molar-refractivity contribution in [1.29, 1.82) is 0 Å². The molecule has 0 aliphatic rings. The largest absolute Gasteiger partial charge is 0.495 e. The number of ether oxygens (including phenoxy) is 1. The zero-order valence-electron chi connectivity index (χ0n) is 18.1. The van der Waals surface area contributed by atoms with Crippen LogP contribution in [0.3, 0.4) is 0 Å². The quantitative estimate of drug-likeness (QED) is 0.374. The number of nitrogens with one attached hydrogen (secondary N) is 1. The van der Waals surface area contributed by atoms with Gasteiger partial charge in [-0.15, -0.1) is 0 Å². The Morgan fingerprint density at radius 1 is 1.06 bits per heavy atom. The molecule has 0 bridgehead atoms. The molecule has 33 heavy (non-hydrogen) atoms. The molecule has 0 aliphatic carbocycles. The lowest BCUT2D eigenvalue weighted by atomic mass is 10.1. The van der Waals surface area contributed by atoms with Crippen LogP contribution in [-0.4, -0.2) is 32.9 Å². The number of methoxy groups -OCH3 is 1. The van der Waals surface area contributed by atoms with Gasteiger partial charge < -0.3 is 10.1 Å². The topological polar surface area (TPSA) is 119 Å². The van der Waals surface area contributed by atoms with Gasteiger partial charge in [-0.05, 0) is 42.8 Å². The Balaban J connectivity index is 1.85. The molecule has 0 heterocycles. The lowest BCUT2D eigenvalue weighted by Crippen LogP contribution is -2.30. The molecular formula is C23H23N3O6S. The minimum Gasteiger partial charge on any atom is -0.495 e. The first-order valence-corrected chi connectivity index (χ1v) is 11.5. The molecule has 9 nitrogen and oxygen atoms in total. The Bertz CT molecular complexity index is 1240. The maximum atomic E-state index is 13.3. The van der Waals surface area contributed by atoms with E-state index in [2.05, 4.69) is 5.32 Å². The number of benzene rings is 3. The number of anilines is 2. The highest BCUT2D eigenvalue weighted by Gasteiger charge is 2.25. The van der Waals surface area contributed by atoms with E-state index in [9.17, 15) is 23.3 Å². The first-order chi connectivity index (χ1) is 15.8. The van der Waals surface area contributed by atoms with Crippen molar-refractivity contribution in [2.45, 2.75) is 18.2 Å². The average molecular weight is 470 g/mol. The molecule has 0 fully saturated rings. The van der Waals surface area contributed by atoms with Gasteiger partial charge >= 0.3 is 0 Å². The predicted molar refractivity (Wildman–Crippen MR) is 125 cm³/mol. The number of carbonyl (C=O) groups excluding carboxylic acids is 1. The number of amides is 1. The third kappa shape index (κ3) is 5.47. The number of non-ortho nitro benzene ring substituents is 1. The molecule has 1 amide bonds. The van der Waals surface area contributed by atoms with Crippen molar-refractivity contribution in [2.24, 2.45) is 0 Å².